The van der Waals surface area contributed by atoms with Gasteiger partial charge in [-0.2, -0.15) is 0 Å². The van der Waals surface area contributed by atoms with Crippen molar-refractivity contribution in [2.75, 3.05) is 5.32 Å². The van der Waals surface area contributed by atoms with Crippen LogP contribution in [-0.2, 0) is 16.1 Å². The quantitative estimate of drug-likeness (QED) is 0.622. The summed E-state index contributed by atoms with van der Waals surface area (Å²) in [5.74, 6) is -5.21. The molecule has 0 atom stereocenters. The van der Waals surface area contributed by atoms with E-state index in [4.69, 9.17) is 0 Å². The fourth-order valence-electron chi connectivity index (χ4n) is 2.79. The number of halogens is 3. The van der Waals surface area contributed by atoms with Crippen molar-refractivity contribution in [2.45, 2.75) is 25.8 Å². The van der Waals surface area contributed by atoms with Crippen molar-refractivity contribution in [1.82, 2.24) is 4.57 Å². The maximum atomic E-state index is 13.5. The molecule has 0 radical (unpaired) electrons. The van der Waals surface area contributed by atoms with Crippen LogP contribution in [0, 0.1) is 17.5 Å². The van der Waals surface area contributed by atoms with E-state index in [1.54, 1.807) is 0 Å². The molecule has 7 heteroatoms. The fourth-order valence-corrected chi connectivity index (χ4v) is 2.79. The largest absolute Gasteiger partial charge is 0.347 e. The van der Waals surface area contributed by atoms with Crippen molar-refractivity contribution < 1.29 is 22.8 Å². The lowest BCUT2D eigenvalue weighted by Crippen LogP contribution is -2.15. The summed E-state index contributed by atoms with van der Waals surface area (Å²) >= 11 is 0. The molecule has 3 rings (SSSR count). The number of fused-ring (bicyclic) bond motifs is 1. The van der Waals surface area contributed by atoms with Gasteiger partial charge >= 0.3 is 0 Å². The number of aryl methyl sites for hydroxylation is 1. The second kappa shape index (κ2) is 8.07. The number of rotatable bonds is 7. The van der Waals surface area contributed by atoms with Crippen LogP contribution in [-0.4, -0.2) is 16.3 Å². The maximum absolute atomic E-state index is 13.5. The number of para-hydroxylation sites is 1. The molecule has 0 saturated heterocycles. The molecule has 2 aromatic carbocycles. The Balaban J connectivity index is 1.49. The maximum Gasteiger partial charge on any atom is 0.224 e. The van der Waals surface area contributed by atoms with Gasteiger partial charge in [-0.1, -0.05) is 18.2 Å². The lowest BCUT2D eigenvalue weighted by atomic mass is 10.1. The van der Waals surface area contributed by atoms with Crippen LogP contribution in [0.3, 0.4) is 0 Å². The number of hydrogen-bond acceptors (Lipinski definition) is 2. The molecule has 0 bridgehead atoms. The van der Waals surface area contributed by atoms with Crippen molar-refractivity contribution in [2.24, 2.45) is 0 Å². The van der Waals surface area contributed by atoms with Gasteiger partial charge < -0.3 is 9.88 Å². The van der Waals surface area contributed by atoms with E-state index in [1.165, 1.54) is 0 Å². The highest BCUT2D eigenvalue weighted by molar-refractivity contribution is 5.93. The first-order valence-corrected chi connectivity index (χ1v) is 8.44. The predicted molar refractivity (Wildman–Crippen MR) is 95.7 cm³/mol. The molecule has 0 fully saturated rings. The zero-order valence-electron chi connectivity index (χ0n) is 14.3. The zero-order chi connectivity index (χ0) is 19.4. The van der Waals surface area contributed by atoms with E-state index < -0.39 is 29.0 Å². The number of Topliss-reactive ketones (excluding diaryl/α,β-unsaturated/α-hetero) is 1. The third-order valence-corrected chi connectivity index (χ3v) is 4.25. The Morgan fingerprint density at radius 1 is 0.889 bits per heavy atom. The molecule has 27 heavy (non-hydrogen) atoms. The number of amides is 1. The van der Waals surface area contributed by atoms with Crippen molar-refractivity contribution >= 4 is 28.3 Å². The van der Waals surface area contributed by atoms with Crippen LogP contribution in [0.4, 0.5) is 18.9 Å². The Hall–Kier alpha value is -3.09. The predicted octanol–water partition coefficient (Wildman–Crippen LogP) is 4.44. The third kappa shape index (κ3) is 4.36. The average molecular weight is 374 g/mol. The molecular weight excluding hydrogens is 357 g/mol. The highest BCUT2D eigenvalue weighted by Crippen LogP contribution is 2.20. The SMILES string of the molecule is O=C(CCC(=O)Nc1ccc(F)c(F)c1F)CCn1ccc2ccccc21. The number of anilines is 1. The van der Waals surface area contributed by atoms with Gasteiger partial charge in [-0.25, -0.2) is 13.2 Å². The lowest BCUT2D eigenvalue weighted by molar-refractivity contribution is -0.123. The Morgan fingerprint density at radius 3 is 2.48 bits per heavy atom. The van der Waals surface area contributed by atoms with E-state index >= 15 is 0 Å². The summed E-state index contributed by atoms with van der Waals surface area (Å²) in [4.78, 5) is 23.8. The smallest absolute Gasteiger partial charge is 0.224 e. The number of benzene rings is 2. The lowest BCUT2D eigenvalue weighted by Gasteiger charge is -2.08. The minimum Gasteiger partial charge on any atom is -0.347 e. The van der Waals surface area contributed by atoms with Gasteiger partial charge in [-0.3, -0.25) is 9.59 Å². The summed E-state index contributed by atoms with van der Waals surface area (Å²) in [6, 6.07) is 11.4. The first kappa shape index (κ1) is 18.7. The van der Waals surface area contributed by atoms with Crippen LogP contribution in [0.1, 0.15) is 19.3 Å². The first-order valence-electron chi connectivity index (χ1n) is 8.44. The molecule has 0 aliphatic heterocycles. The third-order valence-electron chi connectivity index (χ3n) is 4.25. The Labute approximate surface area is 153 Å². The van der Waals surface area contributed by atoms with Crippen molar-refractivity contribution in [1.29, 1.82) is 0 Å². The number of ketones is 1. The Morgan fingerprint density at radius 2 is 1.67 bits per heavy atom. The van der Waals surface area contributed by atoms with Crippen LogP contribution in [0.5, 0.6) is 0 Å². The normalized spacial score (nSPS) is 10.9. The molecule has 1 N–H and O–H groups in total. The van der Waals surface area contributed by atoms with Crippen LogP contribution >= 0.6 is 0 Å². The Bertz CT molecular complexity index is 998. The molecule has 140 valence electrons. The molecule has 1 amide bonds. The van der Waals surface area contributed by atoms with E-state index in [1.807, 2.05) is 41.1 Å². The van der Waals surface area contributed by atoms with Crippen LogP contribution < -0.4 is 5.32 Å². The van der Waals surface area contributed by atoms with E-state index in [0.717, 1.165) is 23.0 Å². The average Bonchev–Trinajstić information content (AvgIpc) is 3.08. The van der Waals surface area contributed by atoms with E-state index in [9.17, 15) is 22.8 Å². The van der Waals surface area contributed by atoms with Gasteiger partial charge in [0.1, 0.15) is 5.78 Å². The molecule has 1 aromatic heterocycles. The van der Waals surface area contributed by atoms with Gasteiger partial charge in [0.05, 0.1) is 5.69 Å². The van der Waals surface area contributed by atoms with E-state index in [-0.39, 0.29) is 25.0 Å². The molecule has 3 aromatic rings. The number of nitrogens with zero attached hydrogens (tertiary/aromatic N) is 1. The minimum absolute atomic E-state index is 0.0175. The number of nitrogens with one attached hydrogen (secondary N) is 1. The van der Waals surface area contributed by atoms with E-state index in [0.29, 0.717) is 6.54 Å². The highest BCUT2D eigenvalue weighted by atomic mass is 19.2. The number of hydrogen-bond donors (Lipinski definition) is 1. The molecule has 0 saturated carbocycles. The van der Waals surface area contributed by atoms with Gasteiger partial charge in [0.25, 0.3) is 0 Å². The summed E-state index contributed by atoms with van der Waals surface area (Å²) in [5.41, 5.74) is 0.571. The van der Waals surface area contributed by atoms with Crippen molar-refractivity contribution in [3.05, 3.63) is 66.1 Å². The van der Waals surface area contributed by atoms with Gasteiger partial charge in [-0.05, 0) is 29.7 Å². The van der Waals surface area contributed by atoms with Gasteiger partial charge in [0.2, 0.25) is 5.91 Å². The molecular formula is C20H17F3N2O2. The Kier molecular flexibility index (Phi) is 5.59. The molecule has 4 nitrogen and oxygen atoms in total. The fraction of sp³-hybridized carbons (Fsp3) is 0.200. The topological polar surface area (TPSA) is 51.1 Å². The van der Waals surface area contributed by atoms with Crippen LogP contribution in [0.15, 0.2) is 48.7 Å². The number of carbonyl (C=O) groups excluding carboxylic acids is 2. The molecule has 1 heterocycles. The zero-order valence-corrected chi connectivity index (χ0v) is 14.3. The molecule has 0 aliphatic rings. The highest BCUT2D eigenvalue weighted by Gasteiger charge is 2.16. The van der Waals surface area contributed by atoms with Gasteiger partial charge in [0.15, 0.2) is 17.5 Å². The summed E-state index contributed by atoms with van der Waals surface area (Å²) < 4.78 is 41.5. The summed E-state index contributed by atoms with van der Waals surface area (Å²) in [5, 5.41) is 3.23. The van der Waals surface area contributed by atoms with Gasteiger partial charge in [-0.15, -0.1) is 0 Å². The van der Waals surface area contributed by atoms with Crippen LogP contribution in [0.2, 0.25) is 0 Å². The summed E-state index contributed by atoms with van der Waals surface area (Å²) in [7, 11) is 0. The van der Waals surface area contributed by atoms with Crippen molar-refractivity contribution in [3.8, 4) is 0 Å². The number of aromatic nitrogens is 1. The second-order valence-electron chi connectivity index (χ2n) is 6.13. The molecule has 0 spiro atoms. The molecule has 0 aliphatic carbocycles. The monoisotopic (exact) mass is 374 g/mol. The second-order valence-corrected chi connectivity index (χ2v) is 6.13. The van der Waals surface area contributed by atoms with Crippen molar-refractivity contribution in [3.63, 3.8) is 0 Å². The van der Waals surface area contributed by atoms with Gasteiger partial charge in [0, 0.05) is 37.5 Å². The number of carbonyl (C=O) groups is 2. The molecule has 0 unspecified atom stereocenters. The van der Waals surface area contributed by atoms with Crippen LogP contribution in [0.25, 0.3) is 10.9 Å². The summed E-state index contributed by atoms with van der Waals surface area (Å²) in [6.45, 7) is 0.492. The standard InChI is InChI=1S/C20H17F3N2O2/c21-15-6-7-16(20(23)19(15)22)24-18(27)8-5-14(26)10-12-25-11-9-13-3-1-2-4-17(13)25/h1-4,6-7,9,11H,5,8,10,12H2,(H,24,27). The minimum atomic E-state index is -1.65. The summed E-state index contributed by atoms with van der Waals surface area (Å²) in [6.07, 6.45) is 1.97. The first-order chi connectivity index (χ1) is 13.0. The van der Waals surface area contributed by atoms with E-state index in [2.05, 4.69) is 5.32 Å².